The number of amides is 1. The fraction of sp³-hybridized carbons (Fsp3) is 0.350. The first-order valence-electron chi connectivity index (χ1n) is 9.50. The van der Waals surface area contributed by atoms with Crippen LogP contribution in [-0.4, -0.2) is 58.0 Å². The van der Waals surface area contributed by atoms with E-state index in [1.54, 1.807) is 30.3 Å². The Hall–Kier alpha value is -2.49. The van der Waals surface area contributed by atoms with Crippen molar-refractivity contribution in [1.29, 1.82) is 0 Å². The maximum atomic E-state index is 13.2. The van der Waals surface area contributed by atoms with Crippen LogP contribution in [0, 0.1) is 5.82 Å². The second kappa shape index (κ2) is 9.34. The van der Waals surface area contributed by atoms with E-state index in [4.69, 9.17) is 4.74 Å². The number of piperazine rings is 1. The summed E-state index contributed by atoms with van der Waals surface area (Å²) >= 11 is 0. The lowest BCUT2D eigenvalue weighted by Crippen LogP contribution is -3.15. The van der Waals surface area contributed by atoms with E-state index >= 15 is 0 Å². The van der Waals surface area contributed by atoms with Gasteiger partial charge in [0.15, 0.2) is 6.54 Å². The molecule has 156 valence electrons. The summed E-state index contributed by atoms with van der Waals surface area (Å²) in [6.07, 6.45) is 0. The zero-order valence-electron chi connectivity index (χ0n) is 16.2. The number of carbonyl (C=O) groups excluding carboxylic acids is 1. The van der Waals surface area contributed by atoms with E-state index in [-0.39, 0.29) is 17.3 Å². The van der Waals surface area contributed by atoms with Gasteiger partial charge in [-0.2, -0.15) is 4.31 Å². The van der Waals surface area contributed by atoms with E-state index in [9.17, 15) is 17.6 Å². The zero-order chi connectivity index (χ0) is 20.9. The van der Waals surface area contributed by atoms with E-state index in [0.29, 0.717) is 44.2 Å². The minimum absolute atomic E-state index is 0.202. The van der Waals surface area contributed by atoms with Crippen LogP contribution in [0.2, 0.25) is 0 Å². The number of quaternary nitrogens is 1. The molecule has 2 aromatic carbocycles. The summed E-state index contributed by atoms with van der Waals surface area (Å²) in [6.45, 7) is 4.29. The Morgan fingerprint density at radius 2 is 1.86 bits per heavy atom. The number of carbonyl (C=O) groups is 1. The second-order valence-corrected chi connectivity index (χ2v) is 8.73. The first-order valence-corrected chi connectivity index (χ1v) is 10.9. The molecule has 0 bridgehead atoms. The summed E-state index contributed by atoms with van der Waals surface area (Å²) in [6, 6.07) is 12.1. The number of benzene rings is 2. The molecule has 1 heterocycles. The summed E-state index contributed by atoms with van der Waals surface area (Å²) in [7, 11) is -3.58. The van der Waals surface area contributed by atoms with Gasteiger partial charge in [-0.1, -0.05) is 6.07 Å². The molecule has 1 saturated heterocycles. The lowest BCUT2D eigenvalue weighted by atomic mass is 10.3. The number of anilines is 1. The zero-order valence-corrected chi connectivity index (χ0v) is 17.0. The third-order valence-corrected chi connectivity index (χ3v) is 6.63. The van der Waals surface area contributed by atoms with Crippen LogP contribution in [-0.2, 0) is 14.8 Å². The maximum absolute atomic E-state index is 13.2. The molecule has 9 heteroatoms. The Morgan fingerprint density at radius 1 is 1.17 bits per heavy atom. The van der Waals surface area contributed by atoms with Crippen molar-refractivity contribution in [3.8, 4) is 5.75 Å². The Balaban J connectivity index is 1.53. The molecule has 1 fully saturated rings. The van der Waals surface area contributed by atoms with Gasteiger partial charge in [-0.15, -0.1) is 0 Å². The minimum atomic E-state index is -3.58. The van der Waals surface area contributed by atoms with Crippen molar-refractivity contribution in [2.75, 3.05) is 44.6 Å². The van der Waals surface area contributed by atoms with Crippen LogP contribution in [0.4, 0.5) is 10.1 Å². The molecule has 0 unspecified atom stereocenters. The molecule has 0 aliphatic carbocycles. The topological polar surface area (TPSA) is 80.2 Å². The SMILES string of the molecule is CCOc1ccc(S(=O)(=O)N2CC[NH+](CC(=O)Nc3cccc(F)c3)CC2)cc1. The smallest absolute Gasteiger partial charge is 0.279 e. The summed E-state index contributed by atoms with van der Waals surface area (Å²) in [5.74, 6) is -0.0123. The Morgan fingerprint density at radius 3 is 2.48 bits per heavy atom. The summed E-state index contributed by atoms with van der Waals surface area (Å²) in [5.41, 5.74) is 0.408. The fourth-order valence-electron chi connectivity index (χ4n) is 3.24. The summed E-state index contributed by atoms with van der Waals surface area (Å²) < 4.78 is 45.6. The normalized spacial score (nSPS) is 15.8. The first kappa shape index (κ1) is 21.2. The molecule has 0 saturated carbocycles. The highest BCUT2D eigenvalue weighted by molar-refractivity contribution is 7.89. The predicted octanol–water partition coefficient (Wildman–Crippen LogP) is 0.752. The molecule has 0 aromatic heterocycles. The van der Waals surface area contributed by atoms with Crippen molar-refractivity contribution in [1.82, 2.24) is 4.31 Å². The van der Waals surface area contributed by atoms with Gasteiger partial charge in [0.2, 0.25) is 10.0 Å². The quantitative estimate of drug-likeness (QED) is 0.690. The Bertz CT molecular complexity index is 942. The molecule has 1 aliphatic rings. The molecule has 1 amide bonds. The number of ether oxygens (including phenoxy) is 1. The minimum Gasteiger partial charge on any atom is -0.494 e. The number of rotatable bonds is 7. The summed E-state index contributed by atoms with van der Waals surface area (Å²) in [4.78, 5) is 13.4. The molecule has 29 heavy (non-hydrogen) atoms. The Labute approximate surface area is 170 Å². The monoisotopic (exact) mass is 422 g/mol. The van der Waals surface area contributed by atoms with Crippen molar-refractivity contribution in [2.45, 2.75) is 11.8 Å². The standard InChI is InChI=1S/C20H24FN3O4S/c1-2-28-18-6-8-19(9-7-18)29(26,27)24-12-10-23(11-13-24)15-20(25)22-17-5-3-4-16(21)14-17/h3-9,14H,2,10-13,15H2,1H3,(H,22,25)/p+1. The molecule has 0 radical (unpaired) electrons. The molecular weight excluding hydrogens is 397 g/mol. The largest absolute Gasteiger partial charge is 0.494 e. The average molecular weight is 423 g/mol. The highest BCUT2D eigenvalue weighted by Gasteiger charge is 2.31. The first-order chi connectivity index (χ1) is 13.9. The van der Waals surface area contributed by atoms with Crippen LogP contribution in [0.5, 0.6) is 5.75 Å². The molecule has 1 aliphatic heterocycles. The van der Waals surface area contributed by atoms with Crippen molar-refractivity contribution in [2.24, 2.45) is 0 Å². The Kier molecular flexibility index (Phi) is 6.83. The van der Waals surface area contributed by atoms with Gasteiger partial charge in [-0.05, 0) is 49.4 Å². The number of nitrogens with zero attached hydrogens (tertiary/aromatic N) is 1. The van der Waals surface area contributed by atoms with Crippen LogP contribution in [0.15, 0.2) is 53.4 Å². The molecular formula is C20H25FN3O4S+. The molecule has 0 atom stereocenters. The van der Waals surface area contributed by atoms with Gasteiger partial charge in [0.05, 0.1) is 37.7 Å². The molecule has 2 N–H and O–H groups in total. The van der Waals surface area contributed by atoms with Crippen LogP contribution >= 0.6 is 0 Å². The number of halogens is 1. The van der Waals surface area contributed by atoms with Crippen molar-refractivity contribution in [3.63, 3.8) is 0 Å². The number of hydrogen-bond donors (Lipinski definition) is 2. The highest BCUT2D eigenvalue weighted by atomic mass is 32.2. The van der Waals surface area contributed by atoms with Gasteiger partial charge in [0.1, 0.15) is 11.6 Å². The molecule has 3 rings (SSSR count). The van der Waals surface area contributed by atoms with Gasteiger partial charge in [-0.25, -0.2) is 12.8 Å². The highest BCUT2D eigenvalue weighted by Crippen LogP contribution is 2.19. The maximum Gasteiger partial charge on any atom is 0.279 e. The number of hydrogen-bond acceptors (Lipinski definition) is 4. The third-order valence-electron chi connectivity index (χ3n) is 4.72. The fourth-order valence-corrected chi connectivity index (χ4v) is 4.68. The van der Waals surface area contributed by atoms with E-state index in [1.165, 1.54) is 22.5 Å². The second-order valence-electron chi connectivity index (χ2n) is 6.79. The average Bonchev–Trinajstić information content (AvgIpc) is 2.69. The van der Waals surface area contributed by atoms with E-state index < -0.39 is 15.8 Å². The van der Waals surface area contributed by atoms with Crippen LogP contribution < -0.4 is 15.0 Å². The van der Waals surface area contributed by atoms with E-state index in [1.807, 2.05) is 6.92 Å². The van der Waals surface area contributed by atoms with Crippen LogP contribution in [0.1, 0.15) is 6.92 Å². The van der Waals surface area contributed by atoms with E-state index in [2.05, 4.69) is 5.32 Å². The third kappa shape index (κ3) is 5.53. The van der Waals surface area contributed by atoms with Gasteiger partial charge < -0.3 is 15.0 Å². The van der Waals surface area contributed by atoms with E-state index in [0.717, 1.165) is 4.90 Å². The molecule has 2 aromatic rings. The van der Waals surface area contributed by atoms with Gasteiger partial charge in [0.25, 0.3) is 5.91 Å². The van der Waals surface area contributed by atoms with Gasteiger partial charge >= 0.3 is 0 Å². The number of nitrogens with one attached hydrogen (secondary N) is 2. The number of sulfonamides is 1. The lowest BCUT2D eigenvalue weighted by Gasteiger charge is -2.31. The van der Waals surface area contributed by atoms with Gasteiger partial charge in [0, 0.05) is 5.69 Å². The predicted molar refractivity (Wildman–Crippen MR) is 107 cm³/mol. The molecule has 0 spiro atoms. The van der Waals surface area contributed by atoms with Crippen LogP contribution in [0.3, 0.4) is 0 Å². The van der Waals surface area contributed by atoms with Crippen molar-refractivity contribution >= 4 is 21.6 Å². The van der Waals surface area contributed by atoms with Crippen molar-refractivity contribution in [3.05, 3.63) is 54.3 Å². The van der Waals surface area contributed by atoms with Crippen molar-refractivity contribution < 1.29 is 27.2 Å². The van der Waals surface area contributed by atoms with Crippen LogP contribution in [0.25, 0.3) is 0 Å². The summed E-state index contributed by atoms with van der Waals surface area (Å²) in [5, 5.41) is 2.67. The lowest BCUT2D eigenvalue weighted by molar-refractivity contribution is -0.895. The van der Waals surface area contributed by atoms with Gasteiger partial charge in [-0.3, -0.25) is 4.79 Å². The molecule has 7 nitrogen and oxygen atoms in total.